The molecule has 0 saturated heterocycles. The largest absolute Gasteiger partial charge is 0.512 e. The van der Waals surface area contributed by atoms with Gasteiger partial charge in [-0.1, -0.05) is 135 Å². The zero-order valence-corrected chi connectivity index (χ0v) is 35.6. The van der Waals surface area contributed by atoms with E-state index in [1.54, 1.807) is 0 Å². The standard InChI is InChI=1S/C30H30NSi.C15H28O2.Ir/c1-20(2)16-21-10-12-25-23(17-21)11-13-28-27(25)14-15-31-30(28)24-18-22-8-6-7-9-26(22)29(19-24)32(3,4)5;1-7-14(5,8-2)12(16)11-13(17)15(6,9-3)10-4;/h6-15,17,19-20H,16H2,1-5H3;11,16H,7-10H2,1-6H3;/q-1;;/b;12-11-;. The third-order valence-corrected chi connectivity index (χ3v) is 12.9. The Morgan fingerprint density at radius 1 is 0.820 bits per heavy atom. The van der Waals surface area contributed by atoms with Crippen LogP contribution >= 0.6 is 0 Å². The number of hydrogen-bond acceptors (Lipinski definition) is 3. The molecule has 0 aliphatic rings. The van der Waals surface area contributed by atoms with E-state index in [1.807, 2.05) is 47.7 Å². The number of aliphatic hydroxyl groups is 1. The first-order valence-electron chi connectivity index (χ1n) is 18.3. The van der Waals surface area contributed by atoms with Gasteiger partial charge >= 0.3 is 0 Å². The number of aliphatic hydroxyl groups excluding tert-OH is 1. The number of rotatable bonds is 11. The number of benzene rings is 4. The van der Waals surface area contributed by atoms with Crippen LogP contribution in [0.25, 0.3) is 43.6 Å². The Morgan fingerprint density at radius 2 is 1.44 bits per heavy atom. The van der Waals surface area contributed by atoms with Crippen LogP contribution in [0.4, 0.5) is 0 Å². The zero-order valence-electron chi connectivity index (χ0n) is 32.3. The van der Waals surface area contributed by atoms with E-state index in [-0.39, 0.29) is 42.5 Å². The minimum Gasteiger partial charge on any atom is -0.512 e. The van der Waals surface area contributed by atoms with Gasteiger partial charge in [-0.3, -0.25) is 9.78 Å². The molecule has 0 fully saturated rings. The van der Waals surface area contributed by atoms with Crippen molar-refractivity contribution in [2.24, 2.45) is 16.7 Å². The van der Waals surface area contributed by atoms with Crippen molar-refractivity contribution in [1.82, 2.24) is 4.98 Å². The molecule has 5 heteroatoms. The fourth-order valence-corrected chi connectivity index (χ4v) is 8.12. The summed E-state index contributed by atoms with van der Waals surface area (Å²) in [5.74, 6) is 0.946. The molecule has 4 aromatic carbocycles. The molecule has 0 aliphatic carbocycles. The van der Waals surface area contributed by atoms with E-state index in [1.165, 1.54) is 49.1 Å². The molecule has 0 spiro atoms. The predicted molar refractivity (Wildman–Crippen MR) is 216 cm³/mol. The Morgan fingerprint density at radius 3 is 2.04 bits per heavy atom. The second kappa shape index (κ2) is 16.9. The van der Waals surface area contributed by atoms with Crippen molar-refractivity contribution in [2.45, 2.75) is 107 Å². The fraction of sp³-hybridized carbons (Fsp3) is 0.422. The molecule has 5 rings (SSSR count). The topological polar surface area (TPSA) is 50.2 Å². The van der Waals surface area contributed by atoms with Gasteiger partial charge in [-0.05, 0) is 71.2 Å². The van der Waals surface area contributed by atoms with Gasteiger partial charge in [0, 0.05) is 48.9 Å². The summed E-state index contributed by atoms with van der Waals surface area (Å²) in [6.07, 6.45) is 7.82. The van der Waals surface area contributed by atoms with Gasteiger partial charge in [-0.15, -0.1) is 28.8 Å². The Hall–Kier alpha value is -3.11. The van der Waals surface area contributed by atoms with Gasteiger partial charge in [-0.25, -0.2) is 0 Å². The van der Waals surface area contributed by atoms with Crippen LogP contribution < -0.4 is 5.19 Å². The van der Waals surface area contributed by atoms with Crippen LogP contribution in [0.1, 0.15) is 86.6 Å². The zero-order chi connectivity index (χ0) is 36.1. The van der Waals surface area contributed by atoms with Gasteiger partial charge in [0.2, 0.25) is 0 Å². The summed E-state index contributed by atoms with van der Waals surface area (Å²) in [5.41, 5.74) is 2.93. The first-order chi connectivity index (χ1) is 23.1. The number of hydrogen-bond donors (Lipinski definition) is 1. The number of nitrogens with zero attached hydrogens (tertiary/aromatic N) is 1. The van der Waals surface area contributed by atoms with Gasteiger partial charge in [-0.2, -0.15) is 0 Å². The van der Waals surface area contributed by atoms with E-state index in [9.17, 15) is 9.90 Å². The smallest absolute Gasteiger partial charge is 0.164 e. The monoisotopic (exact) mass is 865 g/mol. The van der Waals surface area contributed by atoms with Crippen molar-refractivity contribution in [2.75, 3.05) is 0 Å². The van der Waals surface area contributed by atoms with Crippen molar-refractivity contribution >= 4 is 51.4 Å². The number of fused-ring (bicyclic) bond motifs is 4. The van der Waals surface area contributed by atoms with Crippen LogP contribution in [0.2, 0.25) is 19.6 Å². The molecule has 0 aliphatic heterocycles. The maximum absolute atomic E-state index is 12.2. The molecule has 3 nitrogen and oxygen atoms in total. The third-order valence-electron chi connectivity index (χ3n) is 10.9. The van der Waals surface area contributed by atoms with Gasteiger partial charge in [0.05, 0.1) is 8.07 Å². The molecule has 0 saturated carbocycles. The Bertz CT molecular complexity index is 1960. The summed E-state index contributed by atoms with van der Waals surface area (Å²) >= 11 is 0. The fourth-order valence-electron chi connectivity index (χ4n) is 6.52. The Labute approximate surface area is 316 Å². The van der Waals surface area contributed by atoms with Crippen molar-refractivity contribution in [3.05, 3.63) is 96.4 Å². The maximum Gasteiger partial charge on any atom is 0.164 e. The molecule has 269 valence electrons. The summed E-state index contributed by atoms with van der Waals surface area (Å²) in [4.78, 5) is 17.0. The summed E-state index contributed by atoms with van der Waals surface area (Å²) in [7, 11) is -1.54. The average Bonchev–Trinajstić information content (AvgIpc) is 3.09. The van der Waals surface area contributed by atoms with Crippen molar-refractivity contribution in [3.63, 3.8) is 0 Å². The van der Waals surface area contributed by atoms with E-state index in [4.69, 9.17) is 4.98 Å². The van der Waals surface area contributed by atoms with Crippen LogP contribution in [-0.2, 0) is 31.3 Å². The van der Waals surface area contributed by atoms with Crippen LogP contribution in [0.5, 0.6) is 0 Å². The number of aromatic nitrogens is 1. The van der Waals surface area contributed by atoms with Gasteiger partial charge in [0.1, 0.15) is 5.76 Å². The van der Waals surface area contributed by atoms with Gasteiger partial charge in [0.25, 0.3) is 0 Å². The molecule has 1 heterocycles. The second-order valence-corrected chi connectivity index (χ2v) is 20.8. The molecular formula is C45H58IrNO2Si-. The van der Waals surface area contributed by atoms with Crippen molar-refractivity contribution in [1.29, 1.82) is 0 Å². The molecular weight excluding hydrogens is 807 g/mol. The van der Waals surface area contributed by atoms with E-state index in [0.717, 1.165) is 43.4 Å². The van der Waals surface area contributed by atoms with Crippen LogP contribution in [0, 0.1) is 22.8 Å². The first kappa shape index (κ1) is 41.3. The number of carbonyl (C=O) groups excluding carboxylic acids is 1. The molecule has 0 unspecified atom stereocenters. The summed E-state index contributed by atoms with van der Waals surface area (Å²) in [6.45, 7) is 23.9. The van der Waals surface area contributed by atoms with Gasteiger partial charge < -0.3 is 5.11 Å². The van der Waals surface area contributed by atoms with Crippen LogP contribution in [-0.4, -0.2) is 23.9 Å². The van der Waals surface area contributed by atoms with E-state index >= 15 is 0 Å². The minimum absolute atomic E-state index is 0. The minimum atomic E-state index is -1.54. The first-order valence-corrected chi connectivity index (χ1v) is 21.8. The summed E-state index contributed by atoms with van der Waals surface area (Å²) in [6, 6.07) is 28.3. The SMILES string of the molecule is CC(C)Cc1ccc2c(ccc3c(-c4[c-]c5ccccc5c([Si](C)(C)C)c4)nccc32)c1.CCC(C)(CC)C(=O)/C=C(\O)C(C)(CC)CC.[Ir]. The summed E-state index contributed by atoms with van der Waals surface area (Å²) < 4.78 is 0. The molecule has 0 amide bonds. The molecule has 1 radical (unpaired) electrons. The molecule has 0 atom stereocenters. The Kier molecular flexibility index (Phi) is 14.0. The molecule has 5 aromatic rings. The average molecular weight is 865 g/mol. The normalized spacial score (nSPS) is 12.6. The van der Waals surface area contributed by atoms with Crippen LogP contribution in [0.3, 0.4) is 0 Å². The molecule has 0 bridgehead atoms. The molecule has 1 N–H and O–H groups in total. The maximum atomic E-state index is 12.2. The number of allylic oxidation sites excluding steroid dienone is 2. The quantitative estimate of drug-likeness (QED) is 0.0473. The van der Waals surface area contributed by atoms with E-state index in [2.05, 4.69) is 106 Å². The molecule has 50 heavy (non-hydrogen) atoms. The Balaban J connectivity index is 0.000000323. The van der Waals surface area contributed by atoms with E-state index in [0.29, 0.717) is 5.92 Å². The van der Waals surface area contributed by atoms with Gasteiger partial charge in [0.15, 0.2) is 5.78 Å². The second-order valence-electron chi connectivity index (χ2n) is 15.8. The number of pyridine rings is 1. The van der Waals surface area contributed by atoms with Crippen molar-refractivity contribution < 1.29 is 30.0 Å². The number of carbonyl (C=O) groups is 1. The third kappa shape index (κ3) is 9.02. The predicted octanol–water partition coefficient (Wildman–Crippen LogP) is 12.4. The summed E-state index contributed by atoms with van der Waals surface area (Å²) in [5, 5.41) is 19.2. The van der Waals surface area contributed by atoms with Crippen molar-refractivity contribution in [3.8, 4) is 11.3 Å². The van der Waals surface area contributed by atoms with Crippen LogP contribution in [0.15, 0.2) is 84.8 Å². The van der Waals surface area contributed by atoms with E-state index < -0.39 is 8.07 Å². The molecule has 1 aromatic heterocycles. The number of ketones is 1.